The van der Waals surface area contributed by atoms with Gasteiger partial charge in [-0.25, -0.2) is 0 Å². The van der Waals surface area contributed by atoms with Crippen molar-refractivity contribution in [3.8, 4) is 0 Å². The van der Waals surface area contributed by atoms with Gasteiger partial charge in [-0.15, -0.1) is 0 Å². The molecule has 0 bridgehead atoms. The molecule has 3 rings (SSSR count). The molecule has 0 atom stereocenters. The molecule has 1 aliphatic rings. The van der Waals surface area contributed by atoms with Crippen LogP contribution >= 0.6 is 0 Å². The number of amides is 1. The number of rotatable bonds is 2. The van der Waals surface area contributed by atoms with Gasteiger partial charge in [-0.3, -0.25) is 4.79 Å². The molecule has 1 amide bonds. The second-order valence-corrected chi connectivity index (χ2v) is 5.19. The van der Waals surface area contributed by atoms with Crippen LogP contribution < -0.4 is 5.32 Å². The summed E-state index contributed by atoms with van der Waals surface area (Å²) in [5.41, 5.74) is 1.46. The van der Waals surface area contributed by atoms with Crippen molar-refractivity contribution in [1.29, 1.82) is 0 Å². The van der Waals surface area contributed by atoms with E-state index in [4.69, 9.17) is 4.42 Å². The molecule has 4 heteroatoms. The van der Waals surface area contributed by atoms with E-state index in [1.807, 2.05) is 24.3 Å². The number of hydrogen-bond acceptors (Lipinski definition) is 3. The number of nitrogens with zero attached hydrogens (tertiary/aromatic N) is 1. The molecule has 0 unspecified atom stereocenters. The predicted octanol–water partition coefficient (Wildman–Crippen LogP) is 2.26. The zero-order valence-electron chi connectivity index (χ0n) is 11.1. The maximum absolute atomic E-state index is 12.3. The van der Waals surface area contributed by atoms with Crippen LogP contribution in [-0.4, -0.2) is 37.0 Å². The molecule has 1 N–H and O–H groups in total. The van der Waals surface area contributed by atoms with Crippen molar-refractivity contribution < 1.29 is 9.21 Å². The van der Waals surface area contributed by atoms with Crippen molar-refractivity contribution in [2.45, 2.75) is 18.9 Å². The van der Waals surface area contributed by atoms with Gasteiger partial charge in [0.15, 0.2) is 0 Å². The Morgan fingerprint density at radius 1 is 1.32 bits per heavy atom. The van der Waals surface area contributed by atoms with E-state index in [9.17, 15) is 4.79 Å². The first-order valence-electron chi connectivity index (χ1n) is 6.69. The summed E-state index contributed by atoms with van der Waals surface area (Å²) in [6.07, 6.45) is 3.66. The normalized spacial score (nSPS) is 17.7. The van der Waals surface area contributed by atoms with E-state index in [-0.39, 0.29) is 11.9 Å². The van der Waals surface area contributed by atoms with Crippen molar-refractivity contribution in [2.24, 2.45) is 0 Å². The van der Waals surface area contributed by atoms with Crippen molar-refractivity contribution in [3.63, 3.8) is 0 Å². The second kappa shape index (κ2) is 5.05. The van der Waals surface area contributed by atoms with Crippen LogP contribution in [0.3, 0.4) is 0 Å². The Bertz CT molecular complexity index is 583. The molecular weight excluding hydrogens is 240 g/mol. The topological polar surface area (TPSA) is 45.5 Å². The van der Waals surface area contributed by atoms with E-state index in [1.54, 1.807) is 6.26 Å². The summed E-state index contributed by atoms with van der Waals surface area (Å²) in [5.74, 6) is 0.00144. The maximum Gasteiger partial charge on any atom is 0.252 e. The average Bonchev–Trinajstić information content (AvgIpc) is 2.89. The van der Waals surface area contributed by atoms with Gasteiger partial charge < -0.3 is 14.6 Å². The van der Waals surface area contributed by atoms with Gasteiger partial charge in [0, 0.05) is 11.4 Å². The van der Waals surface area contributed by atoms with Gasteiger partial charge in [-0.05, 0) is 51.2 Å². The molecule has 1 fully saturated rings. The summed E-state index contributed by atoms with van der Waals surface area (Å²) in [6.45, 7) is 2.09. The Hall–Kier alpha value is -1.81. The quantitative estimate of drug-likeness (QED) is 0.898. The number of carbonyl (C=O) groups excluding carboxylic acids is 1. The lowest BCUT2D eigenvalue weighted by atomic mass is 10.0. The molecule has 0 radical (unpaired) electrons. The fourth-order valence-corrected chi connectivity index (χ4v) is 2.61. The first kappa shape index (κ1) is 12.2. The third-order valence-corrected chi connectivity index (χ3v) is 3.79. The summed E-state index contributed by atoms with van der Waals surface area (Å²) in [4.78, 5) is 14.6. The number of furan rings is 1. The molecule has 4 nitrogen and oxygen atoms in total. The molecule has 1 saturated heterocycles. The smallest absolute Gasteiger partial charge is 0.252 e. The average molecular weight is 258 g/mol. The number of piperidine rings is 1. The Morgan fingerprint density at radius 3 is 2.89 bits per heavy atom. The molecule has 2 aromatic rings. The van der Waals surface area contributed by atoms with E-state index in [0.29, 0.717) is 5.56 Å². The summed E-state index contributed by atoms with van der Waals surface area (Å²) in [6, 6.07) is 7.71. The highest BCUT2D eigenvalue weighted by Gasteiger charge is 2.20. The standard InChI is InChI=1S/C15H18N2O2/c1-17-8-5-11(6-9-17)16-15(18)13-3-2-4-14-12(13)7-10-19-14/h2-4,7,10-11H,5-6,8-9H2,1H3,(H,16,18). The van der Waals surface area contributed by atoms with Crippen molar-refractivity contribution in [1.82, 2.24) is 10.2 Å². The third-order valence-electron chi connectivity index (χ3n) is 3.79. The molecule has 1 aromatic carbocycles. The predicted molar refractivity (Wildman–Crippen MR) is 74.2 cm³/mol. The number of carbonyl (C=O) groups is 1. The van der Waals surface area contributed by atoms with Crippen molar-refractivity contribution >= 4 is 16.9 Å². The Labute approximate surface area is 112 Å². The van der Waals surface area contributed by atoms with Crippen LogP contribution in [0.4, 0.5) is 0 Å². The minimum absolute atomic E-state index is 0.00144. The number of hydrogen-bond donors (Lipinski definition) is 1. The van der Waals surface area contributed by atoms with Crippen LogP contribution in [0.25, 0.3) is 11.0 Å². The third kappa shape index (κ3) is 2.49. The largest absolute Gasteiger partial charge is 0.464 e. The summed E-state index contributed by atoms with van der Waals surface area (Å²) in [7, 11) is 2.12. The summed E-state index contributed by atoms with van der Waals surface area (Å²) in [5, 5.41) is 4.01. The lowest BCUT2D eigenvalue weighted by Gasteiger charge is -2.29. The van der Waals surface area contributed by atoms with Crippen LogP contribution in [-0.2, 0) is 0 Å². The number of nitrogens with one attached hydrogen (secondary N) is 1. The highest BCUT2D eigenvalue weighted by molar-refractivity contribution is 6.06. The highest BCUT2D eigenvalue weighted by Crippen LogP contribution is 2.20. The fraction of sp³-hybridized carbons (Fsp3) is 0.400. The first-order valence-corrected chi connectivity index (χ1v) is 6.69. The van der Waals surface area contributed by atoms with E-state index in [0.717, 1.165) is 36.9 Å². The lowest BCUT2D eigenvalue weighted by molar-refractivity contribution is 0.0918. The Balaban J connectivity index is 1.75. The van der Waals surface area contributed by atoms with E-state index in [2.05, 4.69) is 17.3 Å². The minimum Gasteiger partial charge on any atom is -0.464 e. The van der Waals surface area contributed by atoms with Gasteiger partial charge >= 0.3 is 0 Å². The van der Waals surface area contributed by atoms with Crippen molar-refractivity contribution in [2.75, 3.05) is 20.1 Å². The molecular formula is C15H18N2O2. The molecule has 0 saturated carbocycles. The van der Waals surface area contributed by atoms with Crippen LogP contribution in [0, 0.1) is 0 Å². The molecule has 0 aliphatic carbocycles. The van der Waals surface area contributed by atoms with E-state index in [1.165, 1.54) is 0 Å². The lowest BCUT2D eigenvalue weighted by Crippen LogP contribution is -2.43. The highest BCUT2D eigenvalue weighted by atomic mass is 16.3. The second-order valence-electron chi connectivity index (χ2n) is 5.19. The Morgan fingerprint density at radius 2 is 2.11 bits per heavy atom. The maximum atomic E-state index is 12.3. The molecule has 1 aliphatic heterocycles. The monoisotopic (exact) mass is 258 g/mol. The van der Waals surface area contributed by atoms with Gasteiger partial charge in [0.1, 0.15) is 5.58 Å². The van der Waals surface area contributed by atoms with Gasteiger partial charge in [0.25, 0.3) is 5.91 Å². The fourth-order valence-electron chi connectivity index (χ4n) is 2.61. The number of fused-ring (bicyclic) bond motifs is 1. The Kier molecular flexibility index (Phi) is 3.25. The molecule has 19 heavy (non-hydrogen) atoms. The molecule has 1 aromatic heterocycles. The number of benzene rings is 1. The number of likely N-dealkylation sites (tertiary alicyclic amines) is 1. The van der Waals surface area contributed by atoms with Crippen LogP contribution in [0.1, 0.15) is 23.2 Å². The zero-order chi connectivity index (χ0) is 13.2. The van der Waals surface area contributed by atoms with Crippen LogP contribution in [0.15, 0.2) is 34.9 Å². The zero-order valence-corrected chi connectivity index (χ0v) is 11.1. The van der Waals surface area contributed by atoms with E-state index >= 15 is 0 Å². The van der Waals surface area contributed by atoms with Crippen LogP contribution in [0.2, 0.25) is 0 Å². The van der Waals surface area contributed by atoms with Crippen LogP contribution in [0.5, 0.6) is 0 Å². The molecule has 100 valence electrons. The van der Waals surface area contributed by atoms with Gasteiger partial charge in [0.2, 0.25) is 0 Å². The molecule has 0 spiro atoms. The molecule has 2 heterocycles. The first-order chi connectivity index (χ1) is 9.24. The van der Waals surface area contributed by atoms with Crippen molar-refractivity contribution in [3.05, 3.63) is 36.1 Å². The minimum atomic E-state index is 0.00144. The van der Waals surface area contributed by atoms with Gasteiger partial charge in [0.05, 0.1) is 11.8 Å². The van der Waals surface area contributed by atoms with Gasteiger partial charge in [-0.2, -0.15) is 0 Å². The van der Waals surface area contributed by atoms with Gasteiger partial charge in [-0.1, -0.05) is 6.07 Å². The van der Waals surface area contributed by atoms with E-state index < -0.39 is 0 Å². The summed E-state index contributed by atoms with van der Waals surface area (Å²) >= 11 is 0. The SMILES string of the molecule is CN1CCC(NC(=O)c2cccc3occc23)CC1. The summed E-state index contributed by atoms with van der Waals surface area (Å²) < 4.78 is 5.33.